The third kappa shape index (κ3) is 4.99. The minimum Gasteiger partial charge on any atom is -0.381 e. The Kier molecular flexibility index (Phi) is 6.17. The van der Waals surface area contributed by atoms with Crippen molar-refractivity contribution in [3.05, 3.63) is 64.2 Å². The lowest BCUT2D eigenvalue weighted by molar-refractivity contribution is -0.132. The van der Waals surface area contributed by atoms with Crippen LogP contribution < -0.4 is 5.32 Å². The molecule has 0 spiro atoms. The number of carbonyl (C=O) groups excluding carboxylic acids is 1. The third-order valence-corrected chi connectivity index (χ3v) is 5.31. The molecule has 1 amide bonds. The molecular formula is C21H26ClN3O. The van der Waals surface area contributed by atoms with Crippen molar-refractivity contribution in [3.8, 4) is 0 Å². The number of amides is 1. The number of rotatable bonds is 5. The second kappa shape index (κ2) is 8.56. The summed E-state index contributed by atoms with van der Waals surface area (Å²) in [4.78, 5) is 16.6. The average Bonchev–Trinajstić information content (AvgIpc) is 2.64. The summed E-state index contributed by atoms with van der Waals surface area (Å²) in [6.45, 7) is 6.29. The van der Waals surface area contributed by atoms with Gasteiger partial charge in [0.1, 0.15) is 0 Å². The molecule has 0 aliphatic carbocycles. The van der Waals surface area contributed by atoms with Crippen molar-refractivity contribution in [2.24, 2.45) is 0 Å². The number of hydrogen-bond donors (Lipinski definition) is 1. The van der Waals surface area contributed by atoms with Crippen molar-refractivity contribution in [2.45, 2.75) is 19.9 Å². The highest BCUT2D eigenvalue weighted by atomic mass is 35.5. The second-order valence-electron chi connectivity index (χ2n) is 6.99. The molecule has 26 heavy (non-hydrogen) atoms. The van der Waals surface area contributed by atoms with Gasteiger partial charge in [0.25, 0.3) is 0 Å². The maximum absolute atomic E-state index is 12.4. The Morgan fingerprint density at radius 1 is 1.04 bits per heavy atom. The Labute approximate surface area is 160 Å². The van der Waals surface area contributed by atoms with Crippen LogP contribution in [0.5, 0.6) is 0 Å². The number of benzene rings is 2. The highest BCUT2D eigenvalue weighted by Crippen LogP contribution is 2.18. The number of carbonyl (C=O) groups is 1. The van der Waals surface area contributed by atoms with Gasteiger partial charge in [-0.15, -0.1) is 0 Å². The summed E-state index contributed by atoms with van der Waals surface area (Å²) in [6, 6.07) is 14.2. The van der Waals surface area contributed by atoms with E-state index >= 15 is 0 Å². The molecule has 0 atom stereocenters. The Morgan fingerprint density at radius 3 is 2.35 bits per heavy atom. The fourth-order valence-electron chi connectivity index (χ4n) is 3.03. The molecule has 2 aromatic rings. The number of halogens is 1. The van der Waals surface area contributed by atoms with Crippen LogP contribution in [0.25, 0.3) is 0 Å². The average molecular weight is 372 g/mol. The van der Waals surface area contributed by atoms with Crippen molar-refractivity contribution < 1.29 is 4.79 Å². The Bertz CT molecular complexity index is 752. The van der Waals surface area contributed by atoms with Gasteiger partial charge in [-0.2, -0.15) is 0 Å². The maximum atomic E-state index is 12.4. The summed E-state index contributed by atoms with van der Waals surface area (Å²) >= 11 is 6.17. The number of likely N-dealkylation sites (N-methyl/N-ethyl adjacent to an activating group) is 1. The molecule has 0 unspecified atom stereocenters. The van der Waals surface area contributed by atoms with Crippen LogP contribution in [0.1, 0.15) is 16.7 Å². The first-order valence-corrected chi connectivity index (χ1v) is 9.43. The summed E-state index contributed by atoms with van der Waals surface area (Å²) in [5, 5.41) is 4.19. The lowest BCUT2D eigenvalue weighted by Crippen LogP contribution is -2.47. The first kappa shape index (κ1) is 18.7. The van der Waals surface area contributed by atoms with Crippen LogP contribution in [0.4, 0.5) is 5.69 Å². The normalized spacial score (nSPS) is 15.1. The molecule has 1 fully saturated rings. The Morgan fingerprint density at radius 2 is 1.69 bits per heavy atom. The highest BCUT2D eigenvalue weighted by molar-refractivity contribution is 6.31. The highest BCUT2D eigenvalue weighted by Gasteiger charge is 2.18. The predicted molar refractivity (Wildman–Crippen MR) is 108 cm³/mol. The predicted octanol–water partition coefficient (Wildman–Crippen LogP) is 3.58. The van der Waals surface area contributed by atoms with Gasteiger partial charge in [-0.25, -0.2) is 0 Å². The monoisotopic (exact) mass is 371 g/mol. The van der Waals surface area contributed by atoms with Crippen molar-refractivity contribution in [3.63, 3.8) is 0 Å². The number of anilines is 1. The largest absolute Gasteiger partial charge is 0.381 e. The SMILES string of the molecule is Cc1ccc(CNc2ccc(CC(=O)N3CCN(C)CC3)cc2)cc1Cl. The van der Waals surface area contributed by atoms with E-state index in [2.05, 4.69) is 23.3 Å². The fraction of sp³-hybridized carbons (Fsp3) is 0.381. The first-order valence-electron chi connectivity index (χ1n) is 9.05. The van der Waals surface area contributed by atoms with Gasteiger partial charge in [0.2, 0.25) is 5.91 Å². The van der Waals surface area contributed by atoms with Gasteiger partial charge in [-0.3, -0.25) is 4.79 Å². The Hall–Kier alpha value is -2.04. The van der Waals surface area contributed by atoms with E-state index in [1.54, 1.807) is 0 Å². The molecule has 1 saturated heterocycles. The van der Waals surface area contributed by atoms with E-state index in [9.17, 15) is 4.79 Å². The number of nitrogens with zero attached hydrogens (tertiary/aromatic N) is 2. The Balaban J connectivity index is 1.51. The molecule has 1 aliphatic rings. The van der Waals surface area contributed by atoms with E-state index in [1.807, 2.05) is 48.2 Å². The molecule has 4 nitrogen and oxygen atoms in total. The van der Waals surface area contributed by atoms with Crippen molar-refractivity contribution in [1.82, 2.24) is 9.80 Å². The van der Waals surface area contributed by atoms with Gasteiger partial charge in [0, 0.05) is 43.4 Å². The van der Waals surface area contributed by atoms with E-state index in [0.717, 1.165) is 60.1 Å². The van der Waals surface area contributed by atoms with Crippen LogP contribution in [-0.2, 0) is 17.8 Å². The number of piperazine rings is 1. The van der Waals surface area contributed by atoms with E-state index in [0.29, 0.717) is 6.42 Å². The first-order chi connectivity index (χ1) is 12.5. The summed E-state index contributed by atoms with van der Waals surface area (Å²) in [7, 11) is 2.10. The van der Waals surface area contributed by atoms with Crippen LogP contribution in [0.2, 0.25) is 5.02 Å². The molecule has 0 aromatic heterocycles. The summed E-state index contributed by atoms with van der Waals surface area (Å²) in [5.41, 5.74) is 4.33. The summed E-state index contributed by atoms with van der Waals surface area (Å²) < 4.78 is 0. The molecular weight excluding hydrogens is 346 g/mol. The van der Waals surface area contributed by atoms with Gasteiger partial charge < -0.3 is 15.1 Å². The van der Waals surface area contributed by atoms with Crippen LogP contribution >= 0.6 is 11.6 Å². The number of aryl methyl sites for hydroxylation is 1. The maximum Gasteiger partial charge on any atom is 0.227 e. The summed E-state index contributed by atoms with van der Waals surface area (Å²) in [5.74, 6) is 0.216. The molecule has 0 saturated carbocycles. The molecule has 3 rings (SSSR count). The van der Waals surface area contributed by atoms with Crippen LogP contribution in [0, 0.1) is 6.92 Å². The van der Waals surface area contributed by atoms with E-state index in [-0.39, 0.29) is 5.91 Å². The van der Waals surface area contributed by atoms with Crippen LogP contribution in [0.3, 0.4) is 0 Å². The molecule has 2 aromatic carbocycles. The zero-order valence-electron chi connectivity index (χ0n) is 15.5. The number of hydrogen-bond acceptors (Lipinski definition) is 3. The van der Waals surface area contributed by atoms with E-state index in [1.165, 1.54) is 0 Å². The number of nitrogens with one attached hydrogen (secondary N) is 1. The van der Waals surface area contributed by atoms with Crippen molar-refractivity contribution in [1.29, 1.82) is 0 Å². The molecule has 5 heteroatoms. The molecule has 1 heterocycles. The van der Waals surface area contributed by atoms with E-state index < -0.39 is 0 Å². The van der Waals surface area contributed by atoms with Gasteiger partial charge in [0.05, 0.1) is 6.42 Å². The quantitative estimate of drug-likeness (QED) is 0.872. The van der Waals surface area contributed by atoms with Gasteiger partial charge in [0.15, 0.2) is 0 Å². The van der Waals surface area contributed by atoms with Gasteiger partial charge in [-0.1, -0.05) is 35.9 Å². The molecule has 138 valence electrons. The van der Waals surface area contributed by atoms with E-state index in [4.69, 9.17) is 11.6 Å². The smallest absolute Gasteiger partial charge is 0.227 e. The minimum absolute atomic E-state index is 0.216. The fourth-order valence-corrected chi connectivity index (χ4v) is 3.24. The molecule has 0 bridgehead atoms. The zero-order chi connectivity index (χ0) is 18.5. The third-order valence-electron chi connectivity index (χ3n) is 4.90. The minimum atomic E-state index is 0.216. The van der Waals surface area contributed by atoms with Crippen LogP contribution in [0.15, 0.2) is 42.5 Å². The lowest BCUT2D eigenvalue weighted by atomic mass is 10.1. The second-order valence-corrected chi connectivity index (χ2v) is 7.40. The van der Waals surface area contributed by atoms with Crippen LogP contribution in [-0.4, -0.2) is 48.9 Å². The molecule has 1 N–H and O–H groups in total. The summed E-state index contributed by atoms with van der Waals surface area (Å²) in [6.07, 6.45) is 0.470. The van der Waals surface area contributed by atoms with Crippen molar-refractivity contribution in [2.75, 3.05) is 38.5 Å². The molecule has 0 radical (unpaired) electrons. The zero-order valence-corrected chi connectivity index (χ0v) is 16.2. The lowest BCUT2D eigenvalue weighted by Gasteiger charge is -2.32. The van der Waals surface area contributed by atoms with Gasteiger partial charge >= 0.3 is 0 Å². The van der Waals surface area contributed by atoms with Gasteiger partial charge in [-0.05, 0) is 48.9 Å². The standard InChI is InChI=1S/C21H26ClN3O/c1-16-3-4-18(13-20(16)22)15-23-19-7-5-17(6-8-19)14-21(26)25-11-9-24(2)10-12-25/h3-8,13,23H,9-12,14-15H2,1-2H3. The van der Waals surface area contributed by atoms with Crippen molar-refractivity contribution >= 4 is 23.2 Å². The topological polar surface area (TPSA) is 35.6 Å². The molecule has 1 aliphatic heterocycles.